The first-order valence-corrected chi connectivity index (χ1v) is 25.9. The van der Waals surface area contributed by atoms with Crippen LogP contribution in [0.3, 0.4) is 0 Å². The summed E-state index contributed by atoms with van der Waals surface area (Å²) < 4.78 is 2.41. The van der Waals surface area contributed by atoms with Gasteiger partial charge in [-0.05, 0) is 145 Å². The molecule has 2 nitrogen and oxygen atoms in total. The van der Waals surface area contributed by atoms with Gasteiger partial charge >= 0.3 is 0 Å². The SMILES string of the molecule is c1ccc(-c2ccc(N(c3cc(-c4ccccc4)cc(-c4ccccc4-c4ccc5c6ccccc6n(-c6ccccc6)c5c4)c3)c3ccc4c(c3)C(c3ccccc3)(c3ccccc3)c3ccccc3-4)cc2)cc1. The third kappa shape index (κ3) is 7.41. The van der Waals surface area contributed by atoms with E-state index in [1.165, 1.54) is 71.9 Å². The molecule has 14 rings (SSSR count). The van der Waals surface area contributed by atoms with Crippen molar-refractivity contribution in [2.75, 3.05) is 4.90 Å². The highest BCUT2D eigenvalue weighted by atomic mass is 15.1. The summed E-state index contributed by atoms with van der Waals surface area (Å²) in [5, 5.41) is 2.48. The third-order valence-electron chi connectivity index (χ3n) is 15.5. The van der Waals surface area contributed by atoms with E-state index in [9.17, 15) is 0 Å². The van der Waals surface area contributed by atoms with E-state index in [4.69, 9.17) is 0 Å². The van der Waals surface area contributed by atoms with E-state index in [0.29, 0.717) is 0 Å². The number of benzene rings is 12. The maximum Gasteiger partial charge on any atom is 0.0714 e. The molecule has 0 saturated heterocycles. The lowest BCUT2D eigenvalue weighted by Crippen LogP contribution is -2.28. The standard InChI is InChI=1S/C73H50N2/c1-6-22-51(23-7-1)53-38-41-60(42-39-53)74(61-43-45-66-65-34-18-20-36-69(65)73(70(66)50-61,57-26-10-3-11-27-57)58-28-12-4-13-29-58)62-47-55(52-24-8-2-9-25-52)46-56(48-62)64-33-17-16-32-63(64)54-40-44-68-67-35-19-21-37-71(67)75(72(68)49-54)59-30-14-5-15-31-59/h1-50H. The van der Waals surface area contributed by atoms with E-state index in [1.54, 1.807) is 0 Å². The second-order valence-electron chi connectivity index (χ2n) is 19.6. The summed E-state index contributed by atoms with van der Waals surface area (Å²) in [6.07, 6.45) is 0. The average molecular weight is 955 g/mol. The number of para-hydroxylation sites is 2. The molecule has 0 unspecified atom stereocenters. The van der Waals surface area contributed by atoms with Crippen LogP contribution in [0.25, 0.3) is 83.1 Å². The van der Waals surface area contributed by atoms with Crippen LogP contribution in [0.4, 0.5) is 17.1 Å². The first-order valence-electron chi connectivity index (χ1n) is 25.9. The topological polar surface area (TPSA) is 8.17 Å². The molecule has 12 aromatic carbocycles. The largest absolute Gasteiger partial charge is 0.310 e. The van der Waals surface area contributed by atoms with Crippen LogP contribution in [0.2, 0.25) is 0 Å². The van der Waals surface area contributed by atoms with Crippen LogP contribution in [0.1, 0.15) is 22.3 Å². The van der Waals surface area contributed by atoms with Crippen molar-refractivity contribution >= 4 is 38.9 Å². The normalized spacial score (nSPS) is 12.4. The fourth-order valence-electron chi connectivity index (χ4n) is 12.1. The zero-order valence-corrected chi connectivity index (χ0v) is 41.3. The van der Waals surface area contributed by atoms with Gasteiger partial charge in [0, 0.05) is 33.5 Å². The third-order valence-corrected chi connectivity index (χ3v) is 15.5. The molecule has 1 aliphatic rings. The lowest BCUT2D eigenvalue weighted by Gasteiger charge is -2.35. The Hall–Kier alpha value is -9.76. The van der Waals surface area contributed by atoms with Crippen molar-refractivity contribution in [2.24, 2.45) is 0 Å². The summed E-state index contributed by atoms with van der Waals surface area (Å²) in [6.45, 7) is 0. The minimum Gasteiger partial charge on any atom is -0.310 e. The fraction of sp³-hybridized carbons (Fsp3) is 0.0137. The van der Waals surface area contributed by atoms with Crippen molar-refractivity contribution in [3.8, 4) is 61.3 Å². The highest BCUT2D eigenvalue weighted by molar-refractivity contribution is 6.10. The molecule has 0 N–H and O–H groups in total. The molecule has 1 heterocycles. The number of aromatic nitrogens is 1. The van der Waals surface area contributed by atoms with Gasteiger partial charge in [0.25, 0.3) is 0 Å². The summed E-state index contributed by atoms with van der Waals surface area (Å²) in [5.41, 5.74) is 23.0. The predicted molar refractivity (Wildman–Crippen MR) is 315 cm³/mol. The average Bonchev–Trinajstić information content (AvgIpc) is 4.02. The molecular weight excluding hydrogens is 905 g/mol. The number of fused-ring (bicyclic) bond motifs is 6. The summed E-state index contributed by atoms with van der Waals surface area (Å²) in [5.74, 6) is 0. The zero-order valence-electron chi connectivity index (χ0n) is 41.3. The molecule has 0 spiro atoms. The molecular formula is C73H50N2. The quantitative estimate of drug-likeness (QED) is 0.133. The van der Waals surface area contributed by atoms with E-state index in [1.807, 2.05) is 0 Å². The van der Waals surface area contributed by atoms with Crippen molar-refractivity contribution in [1.29, 1.82) is 0 Å². The molecule has 2 heteroatoms. The highest BCUT2D eigenvalue weighted by Gasteiger charge is 2.46. The van der Waals surface area contributed by atoms with E-state index < -0.39 is 5.41 Å². The fourth-order valence-corrected chi connectivity index (χ4v) is 12.1. The maximum atomic E-state index is 2.48. The molecule has 13 aromatic rings. The van der Waals surface area contributed by atoms with Crippen LogP contribution in [0, 0.1) is 0 Å². The van der Waals surface area contributed by atoms with Crippen LogP contribution in [0.15, 0.2) is 303 Å². The van der Waals surface area contributed by atoms with Crippen molar-refractivity contribution in [2.45, 2.75) is 5.41 Å². The van der Waals surface area contributed by atoms with E-state index in [0.717, 1.165) is 50.6 Å². The molecule has 0 radical (unpaired) electrons. The Morgan fingerprint density at radius 3 is 1.41 bits per heavy atom. The molecule has 0 amide bonds. The van der Waals surface area contributed by atoms with Gasteiger partial charge in [0.15, 0.2) is 0 Å². The molecule has 1 aromatic heterocycles. The van der Waals surface area contributed by atoms with Crippen LogP contribution in [-0.4, -0.2) is 4.57 Å². The first-order chi connectivity index (χ1) is 37.2. The maximum absolute atomic E-state index is 2.48. The minimum absolute atomic E-state index is 0.559. The van der Waals surface area contributed by atoms with Gasteiger partial charge in [-0.25, -0.2) is 0 Å². The molecule has 75 heavy (non-hydrogen) atoms. The molecule has 1 aliphatic carbocycles. The van der Waals surface area contributed by atoms with E-state index in [2.05, 4.69) is 313 Å². The summed E-state index contributed by atoms with van der Waals surface area (Å²) >= 11 is 0. The second kappa shape index (κ2) is 18.4. The lowest BCUT2D eigenvalue weighted by atomic mass is 9.67. The molecule has 0 saturated carbocycles. The second-order valence-corrected chi connectivity index (χ2v) is 19.6. The Kier molecular flexibility index (Phi) is 10.8. The van der Waals surface area contributed by atoms with Gasteiger partial charge in [-0.2, -0.15) is 0 Å². The Balaban J connectivity index is 1.00. The van der Waals surface area contributed by atoms with Crippen molar-refractivity contribution in [3.05, 3.63) is 326 Å². The number of hydrogen-bond donors (Lipinski definition) is 0. The lowest BCUT2D eigenvalue weighted by molar-refractivity contribution is 0.768. The van der Waals surface area contributed by atoms with Gasteiger partial charge in [0.1, 0.15) is 0 Å². The Bertz CT molecular complexity index is 4160. The smallest absolute Gasteiger partial charge is 0.0714 e. The van der Waals surface area contributed by atoms with Crippen LogP contribution in [-0.2, 0) is 5.41 Å². The summed E-state index contributed by atoms with van der Waals surface area (Å²) in [4.78, 5) is 2.47. The minimum atomic E-state index is -0.559. The molecule has 352 valence electrons. The van der Waals surface area contributed by atoms with Gasteiger partial charge < -0.3 is 9.47 Å². The van der Waals surface area contributed by atoms with Gasteiger partial charge in [0.05, 0.1) is 16.4 Å². The molecule has 0 atom stereocenters. The van der Waals surface area contributed by atoms with Gasteiger partial charge in [-0.15, -0.1) is 0 Å². The molecule has 0 fully saturated rings. The van der Waals surface area contributed by atoms with E-state index in [-0.39, 0.29) is 0 Å². The van der Waals surface area contributed by atoms with Crippen molar-refractivity contribution < 1.29 is 0 Å². The Labute approximate surface area is 438 Å². The van der Waals surface area contributed by atoms with Crippen molar-refractivity contribution in [3.63, 3.8) is 0 Å². The summed E-state index contributed by atoms with van der Waals surface area (Å²) in [7, 11) is 0. The van der Waals surface area contributed by atoms with Crippen molar-refractivity contribution in [1.82, 2.24) is 4.57 Å². The van der Waals surface area contributed by atoms with Crippen LogP contribution < -0.4 is 4.90 Å². The van der Waals surface area contributed by atoms with Crippen LogP contribution >= 0.6 is 0 Å². The first kappa shape index (κ1) is 44.0. The van der Waals surface area contributed by atoms with E-state index >= 15 is 0 Å². The van der Waals surface area contributed by atoms with Gasteiger partial charge in [-0.1, -0.05) is 237 Å². The predicted octanol–water partition coefficient (Wildman–Crippen LogP) is 19.3. The van der Waals surface area contributed by atoms with Gasteiger partial charge in [0.2, 0.25) is 0 Å². The molecule has 0 aliphatic heterocycles. The molecule has 0 bridgehead atoms. The monoisotopic (exact) mass is 954 g/mol. The zero-order chi connectivity index (χ0) is 49.7. The summed E-state index contributed by atoms with van der Waals surface area (Å²) in [6, 6.07) is 112. The number of hydrogen-bond acceptors (Lipinski definition) is 1. The number of anilines is 3. The Morgan fingerprint density at radius 2 is 0.733 bits per heavy atom. The Morgan fingerprint density at radius 1 is 0.253 bits per heavy atom. The van der Waals surface area contributed by atoms with Gasteiger partial charge in [-0.3, -0.25) is 0 Å². The highest BCUT2D eigenvalue weighted by Crippen LogP contribution is 2.57. The number of nitrogens with zero attached hydrogens (tertiary/aromatic N) is 2. The van der Waals surface area contributed by atoms with Crippen LogP contribution in [0.5, 0.6) is 0 Å². The number of rotatable bonds is 10.